The fraction of sp³-hybridized carbons (Fsp3) is 0.455. The molecule has 18 heavy (non-hydrogen) atoms. The summed E-state index contributed by atoms with van der Waals surface area (Å²) in [5.74, 6) is 0.0269. The molecule has 98 valence electrons. The predicted molar refractivity (Wildman–Crippen MR) is 68.3 cm³/mol. The van der Waals surface area contributed by atoms with Crippen molar-refractivity contribution in [3.63, 3.8) is 0 Å². The molecule has 0 aliphatic carbocycles. The highest BCUT2D eigenvalue weighted by Crippen LogP contribution is 2.17. The lowest BCUT2D eigenvalue weighted by Crippen LogP contribution is -2.30. The molecule has 0 unspecified atom stereocenters. The van der Waals surface area contributed by atoms with Gasteiger partial charge in [-0.1, -0.05) is 11.6 Å². The Morgan fingerprint density at radius 3 is 2.94 bits per heavy atom. The first kappa shape index (κ1) is 13.3. The number of aromatic nitrogens is 1. The van der Waals surface area contributed by atoms with Gasteiger partial charge in [0.15, 0.2) is 9.84 Å². The Morgan fingerprint density at radius 1 is 1.56 bits per heavy atom. The van der Waals surface area contributed by atoms with Gasteiger partial charge < -0.3 is 5.32 Å². The van der Waals surface area contributed by atoms with Gasteiger partial charge in [-0.15, -0.1) is 0 Å². The van der Waals surface area contributed by atoms with Gasteiger partial charge in [-0.05, 0) is 24.5 Å². The molecule has 1 amide bonds. The van der Waals surface area contributed by atoms with Crippen LogP contribution in [0.5, 0.6) is 0 Å². The predicted octanol–water partition coefficient (Wildman–Crippen LogP) is 0.900. The van der Waals surface area contributed by atoms with Crippen molar-refractivity contribution in [1.29, 1.82) is 0 Å². The molecule has 0 bridgehead atoms. The van der Waals surface area contributed by atoms with E-state index in [9.17, 15) is 13.2 Å². The molecule has 1 aromatic rings. The Bertz CT molecular complexity index is 559. The zero-order valence-corrected chi connectivity index (χ0v) is 11.2. The van der Waals surface area contributed by atoms with Gasteiger partial charge in [0.25, 0.3) is 5.91 Å². The largest absolute Gasteiger partial charge is 0.350 e. The van der Waals surface area contributed by atoms with Gasteiger partial charge >= 0.3 is 0 Å². The SMILES string of the molecule is O=C(NC[C@H]1CCS(=O)(=O)C1)c1cc(Cl)ccn1. The van der Waals surface area contributed by atoms with Gasteiger partial charge in [0.2, 0.25) is 0 Å². The normalized spacial score (nSPS) is 21.7. The maximum Gasteiger partial charge on any atom is 0.269 e. The van der Waals surface area contributed by atoms with Crippen LogP contribution in [-0.2, 0) is 9.84 Å². The van der Waals surface area contributed by atoms with Gasteiger partial charge in [0, 0.05) is 17.8 Å². The number of pyridine rings is 1. The van der Waals surface area contributed by atoms with Crippen molar-refractivity contribution >= 4 is 27.3 Å². The Labute approximate surface area is 110 Å². The number of nitrogens with zero attached hydrogens (tertiary/aromatic N) is 1. The lowest BCUT2D eigenvalue weighted by Gasteiger charge is -2.09. The maximum absolute atomic E-state index is 11.7. The van der Waals surface area contributed by atoms with Crippen LogP contribution in [0.25, 0.3) is 0 Å². The van der Waals surface area contributed by atoms with Crippen LogP contribution in [0, 0.1) is 5.92 Å². The van der Waals surface area contributed by atoms with E-state index < -0.39 is 9.84 Å². The molecule has 0 aromatic carbocycles. The zero-order valence-electron chi connectivity index (χ0n) is 9.60. The molecule has 2 heterocycles. The van der Waals surface area contributed by atoms with Crippen LogP contribution in [0.4, 0.5) is 0 Å². The van der Waals surface area contributed by atoms with Crippen LogP contribution in [0.1, 0.15) is 16.9 Å². The number of hydrogen-bond donors (Lipinski definition) is 1. The Hall–Kier alpha value is -1.14. The van der Waals surface area contributed by atoms with E-state index in [1.807, 2.05) is 0 Å². The van der Waals surface area contributed by atoms with Gasteiger partial charge in [-0.3, -0.25) is 9.78 Å². The number of sulfone groups is 1. The number of carbonyl (C=O) groups excluding carboxylic acids is 1. The van der Waals surface area contributed by atoms with Crippen LogP contribution in [0.15, 0.2) is 18.3 Å². The van der Waals surface area contributed by atoms with Crippen LogP contribution in [-0.4, -0.2) is 37.4 Å². The smallest absolute Gasteiger partial charge is 0.269 e. The van der Waals surface area contributed by atoms with Crippen molar-refractivity contribution in [1.82, 2.24) is 10.3 Å². The van der Waals surface area contributed by atoms with Crippen molar-refractivity contribution < 1.29 is 13.2 Å². The Balaban J connectivity index is 1.90. The molecule has 7 heteroatoms. The zero-order chi connectivity index (χ0) is 13.2. The monoisotopic (exact) mass is 288 g/mol. The lowest BCUT2D eigenvalue weighted by atomic mass is 10.1. The summed E-state index contributed by atoms with van der Waals surface area (Å²) in [6, 6.07) is 3.06. The topological polar surface area (TPSA) is 76.1 Å². The van der Waals surface area contributed by atoms with E-state index in [-0.39, 0.29) is 29.0 Å². The molecule has 1 aromatic heterocycles. The summed E-state index contributed by atoms with van der Waals surface area (Å²) < 4.78 is 22.5. The summed E-state index contributed by atoms with van der Waals surface area (Å²) in [4.78, 5) is 15.6. The quantitative estimate of drug-likeness (QED) is 0.896. The van der Waals surface area contributed by atoms with Crippen molar-refractivity contribution in [3.05, 3.63) is 29.0 Å². The molecule has 2 rings (SSSR count). The van der Waals surface area contributed by atoms with E-state index in [1.165, 1.54) is 12.3 Å². The van der Waals surface area contributed by atoms with Crippen molar-refractivity contribution in [3.8, 4) is 0 Å². The summed E-state index contributed by atoms with van der Waals surface area (Å²) >= 11 is 5.75. The van der Waals surface area contributed by atoms with E-state index in [4.69, 9.17) is 11.6 Å². The molecule has 1 N–H and O–H groups in total. The minimum atomic E-state index is -2.90. The summed E-state index contributed by atoms with van der Waals surface area (Å²) in [6.45, 7) is 0.353. The molecule has 1 aliphatic heterocycles. The fourth-order valence-electron chi connectivity index (χ4n) is 1.89. The molecule has 1 atom stereocenters. The van der Waals surface area contributed by atoms with Crippen molar-refractivity contribution in [2.24, 2.45) is 5.92 Å². The third-order valence-electron chi connectivity index (χ3n) is 2.83. The summed E-state index contributed by atoms with van der Waals surface area (Å²) in [5, 5.41) is 3.12. The standard InChI is InChI=1S/C11H13ClN2O3S/c12-9-1-3-13-10(5-9)11(15)14-6-8-2-4-18(16,17)7-8/h1,3,5,8H,2,4,6-7H2,(H,14,15)/t8-/m1/s1. The Kier molecular flexibility index (Phi) is 3.87. The minimum absolute atomic E-state index is 0.00173. The summed E-state index contributed by atoms with van der Waals surface area (Å²) in [6.07, 6.45) is 2.06. The highest BCUT2D eigenvalue weighted by Gasteiger charge is 2.28. The average Bonchev–Trinajstić information content (AvgIpc) is 2.66. The molecule has 1 fully saturated rings. The van der Waals surface area contributed by atoms with Crippen molar-refractivity contribution in [2.75, 3.05) is 18.1 Å². The molecule has 0 radical (unpaired) electrons. The van der Waals surface area contributed by atoms with Gasteiger partial charge in [-0.2, -0.15) is 0 Å². The molecular weight excluding hydrogens is 276 g/mol. The molecular formula is C11H13ClN2O3S. The number of halogens is 1. The number of hydrogen-bond acceptors (Lipinski definition) is 4. The third kappa shape index (κ3) is 3.43. The van der Waals surface area contributed by atoms with Gasteiger partial charge in [0.05, 0.1) is 11.5 Å². The van der Waals surface area contributed by atoms with Crippen LogP contribution < -0.4 is 5.32 Å². The van der Waals surface area contributed by atoms with Crippen LogP contribution in [0.2, 0.25) is 5.02 Å². The first-order valence-electron chi connectivity index (χ1n) is 5.56. The number of carbonyl (C=O) groups is 1. The minimum Gasteiger partial charge on any atom is -0.350 e. The maximum atomic E-state index is 11.7. The molecule has 0 spiro atoms. The van der Waals surface area contributed by atoms with E-state index in [1.54, 1.807) is 6.07 Å². The summed E-state index contributed by atoms with van der Waals surface area (Å²) in [5.41, 5.74) is 0.239. The first-order chi connectivity index (χ1) is 8.46. The molecule has 5 nitrogen and oxygen atoms in total. The van der Waals surface area contributed by atoms with E-state index in [0.717, 1.165) is 0 Å². The second-order valence-electron chi connectivity index (χ2n) is 4.34. The number of rotatable bonds is 3. The number of nitrogens with one attached hydrogen (secondary N) is 1. The summed E-state index contributed by atoms with van der Waals surface area (Å²) in [7, 11) is -2.90. The molecule has 1 saturated heterocycles. The van der Waals surface area contributed by atoms with E-state index in [2.05, 4.69) is 10.3 Å². The average molecular weight is 289 g/mol. The second-order valence-corrected chi connectivity index (χ2v) is 7.00. The van der Waals surface area contributed by atoms with Crippen LogP contribution in [0.3, 0.4) is 0 Å². The second kappa shape index (κ2) is 5.24. The van der Waals surface area contributed by atoms with Crippen molar-refractivity contribution in [2.45, 2.75) is 6.42 Å². The molecule has 1 aliphatic rings. The van der Waals surface area contributed by atoms with E-state index in [0.29, 0.717) is 18.0 Å². The van der Waals surface area contributed by atoms with Crippen LogP contribution >= 0.6 is 11.6 Å². The van der Waals surface area contributed by atoms with Gasteiger partial charge in [-0.25, -0.2) is 8.42 Å². The highest BCUT2D eigenvalue weighted by molar-refractivity contribution is 7.91. The Morgan fingerprint density at radius 2 is 2.33 bits per heavy atom. The fourth-order valence-corrected chi connectivity index (χ4v) is 3.91. The van der Waals surface area contributed by atoms with E-state index >= 15 is 0 Å². The lowest BCUT2D eigenvalue weighted by molar-refractivity contribution is 0.0943. The first-order valence-corrected chi connectivity index (χ1v) is 7.76. The number of amides is 1. The molecule has 0 saturated carbocycles. The van der Waals surface area contributed by atoms with Gasteiger partial charge in [0.1, 0.15) is 5.69 Å². The highest BCUT2D eigenvalue weighted by atomic mass is 35.5. The third-order valence-corrected chi connectivity index (χ3v) is 4.90.